The number of hydrogen-bond donors (Lipinski definition) is 2. The lowest BCUT2D eigenvalue weighted by Crippen LogP contribution is -2.50. The first-order valence-corrected chi connectivity index (χ1v) is 8.40. The van der Waals surface area contributed by atoms with E-state index in [-0.39, 0.29) is 11.9 Å². The zero-order chi connectivity index (χ0) is 15.2. The maximum Gasteiger partial charge on any atom is 0.317 e. The van der Waals surface area contributed by atoms with Crippen LogP contribution in [0.25, 0.3) is 0 Å². The Kier molecular flexibility index (Phi) is 5.88. The monoisotopic (exact) mass is 296 g/mol. The van der Waals surface area contributed by atoms with Crippen LogP contribution >= 0.6 is 0 Å². The average molecular weight is 296 g/mol. The molecule has 1 aliphatic carbocycles. The number of likely N-dealkylation sites (tertiary alicyclic amines) is 1. The Hall–Kier alpha value is -1.26. The van der Waals surface area contributed by atoms with E-state index in [4.69, 9.17) is 5.11 Å². The molecule has 120 valence electrons. The second kappa shape index (κ2) is 7.66. The molecule has 1 unspecified atom stereocenters. The first-order valence-electron chi connectivity index (χ1n) is 8.40. The Bertz CT molecular complexity index is 359. The van der Waals surface area contributed by atoms with Crippen molar-refractivity contribution in [2.24, 2.45) is 11.8 Å². The fourth-order valence-corrected chi connectivity index (χ4v) is 3.68. The van der Waals surface area contributed by atoms with Gasteiger partial charge in [0.25, 0.3) is 0 Å². The fraction of sp³-hybridized carbons (Fsp3) is 0.875. The number of carboxylic acid groups (broad SMARTS) is 1. The van der Waals surface area contributed by atoms with Crippen molar-refractivity contribution in [3.63, 3.8) is 0 Å². The molecule has 21 heavy (non-hydrogen) atoms. The van der Waals surface area contributed by atoms with Crippen LogP contribution in [-0.2, 0) is 4.79 Å². The third-order valence-electron chi connectivity index (χ3n) is 5.01. The maximum absolute atomic E-state index is 12.4. The molecule has 5 heteroatoms. The Morgan fingerprint density at radius 3 is 2.33 bits per heavy atom. The lowest BCUT2D eigenvalue weighted by atomic mass is 9.94. The highest BCUT2D eigenvalue weighted by Gasteiger charge is 2.30. The molecule has 0 radical (unpaired) electrons. The van der Waals surface area contributed by atoms with Crippen LogP contribution in [0.2, 0.25) is 0 Å². The van der Waals surface area contributed by atoms with Crippen LogP contribution in [0, 0.1) is 11.8 Å². The van der Waals surface area contributed by atoms with Crippen LogP contribution in [0.3, 0.4) is 0 Å². The molecule has 5 nitrogen and oxygen atoms in total. The maximum atomic E-state index is 12.4. The van der Waals surface area contributed by atoms with E-state index in [1.165, 1.54) is 25.7 Å². The van der Waals surface area contributed by atoms with Gasteiger partial charge in [-0.15, -0.1) is 0 Å². The molecule has 2 amide bonds. The molecular formula is C16H28N2O3. The Morgan fingerprint density at radius 2 is 1.81 bits per heavy atom. The predicted molar refractivity (Wildman–Crippen MR) is 81.1 cm³/mol. The summed E-state index contributed by atoms with van der Waals surface area (Å²) in [5, 5.41) is 12.2. The summed E-state index contributed by atoms with van der Waals surface area (Å²) in [5.41, 5.74) is 0. The van der Waals surface area contributed by atoms with Gasteiger partial charge in [-0.1, -0.05) is 26.2 Å². The van der Waals surface area contributed by atoms with Gasteiger partial charge in [0.2, 0.25) is 0 Å². The molecule has 0 aromatic carbocycles. The minimum Gasteiger partial charge on any atom is -0.481 e. The summed E-state index contributed by atoms with van der Waals surface area (Å²) in [6.45, 7) is 3.28. The van der Waals surface area contributed by atoms with Crippen molar-refractivity contribution in [3.8, 4) is 0 Å². The van der Waals surface area contributed by atoms with Crippen LogP contribution in [0.5, 0.6) is 0 Å². The van der Waals surface area contributed by atoms with E-state index in [0.717, 1.165) is 12.8 Å². The van der Waals surface area contributed by atoms with Gasteiger partial charge in [-0.05, 0) is 38.0 Å². The lowest BCUT2D eigenvalue weighted by molar-refractivity contribution is -0.143. The molecule has 2 N–H and O–H groups in total. The molecular weight excluding hydrogens is 268 g/mol. The number of carbonyl (C=O) groups excluding carboxylic acids is 1. The van der Waals surface area contributed by atoms with Crippen molar-refractivity contribution in [2.45, 2.75) is 64.3 Å². The van der Waals surface area contributed by atoms with E-state index in [1.54, 1.807) is 4.90 Å². The number of carbonyl (C=O) groups is 2. The van der Waals surface area contributed by atoms with Gasteiger partial charge in [-0.3, -0.25) is 4.79 Å². The second-order valence-corrected chi connectivity index (χ2v) is 6.49. The van der Waals surface area contributed by atoms with Crippen molar-refractivity contribution in [3.05, 3.63) is 0 Å². The summed E-state index contributed by atoms with van der Waals surface area (Å²) in [6, 6.07) is 0.298. The van der Waals surface area contributed by atoms with Gasteiger partial charge in [-0.2, -0.15) is 0 Å². The lowest BCUT2D eigenvalue weighted by Gasteiger charge is -2.33. The number of amides is 2. The predicted octanol–water partition coefficient (Wildman–Crippen LogP) is 2.85. The number of carboxylic acids is 1. The van der Waals surface area contributed by atoms with E-state index in [1.807, 2.05) is 0 Å². The largest absolute Gasteiger partial charge is 0.481 e. The summed E-state index contributed by atoms with van der Waals surface area (Å²) < 4.78 is 0. The number of piperidine rings is 1. The van der Waals surface area contributed by atoms with Gasteiger partial charge in [0.15, 0.2) is 0 Å². The number of rotatable bonds is 5. The zero-order valence-corrected chi connectivity index (χ0v) is 13.0. The third kappa shape index (κ3) is 4.35. The van der Waals surface area contributed by atoms with Gasteiger partial charge in [-0.25, -0.2) is 4.79 Å². The van der Waals surface area contributed by atoms with E-state index in [2.05, 4.69) is 12.2 Å². The van der Waals surface area contributed by atoms with Gasteiger partial charge in [0.1, 0.15) is 0 Å². The smallest absolute Gasteiger partial charge is 0.317 e. The normalized spacial score (nSPS) is 22.2. The van der Waals surface area contributed by atoms with E-state index < -0.39 is 5.97 Å². The summed E-state index contributed by atoms with van der Waals surface area (Å²) in [7, 11) is 0. The van der Waals surface area contributed by atoms with E-state index in [0.29, 0.717) is 37.9 Å². The molecule has 2 rings (SSSR count). The molecule has 1 heterocycles. The van der Waals surface area contributed by atoms with Crippen molar-refractivity contribution in [2.75, 3.05) is 13.1 Å². The van der Waals surface area contributed by atoms with Crippen LogP contribution in [0.15, 0.2) is 0 Å². The number of hydrogen-bond acceptors (Lipinski definition) is 2. The standard InChI is InChI=1S/C16H28N2O3/c1-2-5-14(12-6-3-4-7-12)17-16(21)18-10-8-13(9-11-18)15(19)20/h12-14H,2-11H2,1H3,(H,17,21)(H,19,20). The van der Waals surface area contributed by atoms with Crippen molar-refractivity contribution >= 4 is 12.0 Å². The van der Waals surface area contributed by atoms with Crippen LogP contribution in [0.4, 0.5) is 4.79 Å². The molecule has 1 saturated carbocycles. The highest BCUT2D eigenvalue weighted by Crippen LogP contribution is 2.29. The third-order valence-corrected chi connectivity index (χ3v) is 5.01. The molecule has 1 saturated heterocycles. The number of urea groups is 1. The molecule has 1 atom stereocenters. The summed E-state index contributed by atoms with van der Waals surface area (Å²) in [5.74, 6) is -0.384. The van der Waals surface area contributed by atoms with Crippen molar-refractivity contribution in [1.82, 2.24) is 10.2 Å². The molecule has 0 bridgehead atoms. The molecule has 2 fully saturated rings. The zero-order valence-electron chi connectivity index (χ0n) is 13.0. The summed E-state index contributed by atoms with van der Waals surface area (Å²) >= 11 is 0. The number of nitrogens with one attached hydrogen (secondary N) is 1. The highest BCUT2D eigenvalue weighted by molar-refractivity contribution is 5.75. The first kappa shape index (κ1) is 16.1. The molecule has 1 aliphatic heterocycles. The SMILES string of the molecule is CCCC(NC(=O)N1CCC(C(=O)O)CC1)C1CCCC1. The van der Waals surface area contributed by atoms with Gasteiger partial charge in [0, 0.05) is 19.1 Å². The van der Waals surface area contributed by atoms with Crippen LogP contribution in [-0.4, -0.2) is 41.1 Å². The van der Waals surface area contributed by atoms with E-state index >= 15 is 0 Å². The molecule has 2 aliphatic rings. The topological polar surface area (TPSA) is 69.6 Å². The summed E-state index contributed by atoms with van der Waals surface area (Å²) in [4.78, 5) is 25.1. The Morgan fingerprint density at radius 1 is 1.19 bits per heavy atom. The quantitative estimate of drug-likeness (QED) is 0.819. The van der Waals surface area contributed by atoms with Crippen molar-refractivity contribution in [1.29, 1.82) is 0 Å². The van der Waals surface area contributed by atoms with E-state index in [9.17, 15) is 9.59 Å². The second-order valence-electron chi connectivity index (χ2n) is 6.49. The molecule has 0 aromatic rings. The summed E-state index contributed by atoms with van der Waals surface area (Å²) in [6.07, 6.45) is 8.30. The Labute approximate surface area is 127 Å². The number of aliphatic carboxylic acids is 1. The fourth-order valence-electron chi connectivity index (χ4n) is 3.68. The first-order chi connectivity index (χ1) is 10.1. The average Bonchev–Trinajstić information content (AvgIpc) is 3.01. The minimum atomic E-state index is -0.732. The highest BCUT2D eigenvalue weighted by atomic mass is 16.4. The molecule has 0 spiro atoms. The van der Waals surface area contributed by atoms with Crippen molar-refractivity contribution < 1.29 is 14.7 Å². The van der Waals surface area contributed by atoms with Crippen LogP contribution in [0.1, 0.15) is 58.3 Å². The van der Waals surface area contributed by atoms with Crippen LogP contribution < -0.4 is 5.32 Å². The van der Waals surface area contributed by atoms with Gasteiger partial charge >= 0.3 is 12.0 Å². The van der Waals surface area contributed by atoms with Gasteiger partial charge in [0.05, 0.1) is 5.92 Å². The van der Waals surface area contributed by atoms with Gasteiger partial charge < -0.3 is 15.3 Å². The minimum absolute atomic E-state index is 0.00388. The Balaban J connectivity index is 1.83. The molecule has 0 aromatic heterocycles. The number of nitrogens with zero attached hydrogens (tertiary/aromatic N) is 1.